The summed E-state index contributed by atoms with van der Waals surface area (Å²) in [6.07, 6.45) is 0. The van der Waals surface area contributed by atoms with E-state index in [0.29, 0.717) is 29.4 Å². The van der Waals surface area contributed by atoms with Crippen LogP contribution in [0, 0.1) is 20.8 Å². The van der Waals surface area contributed by atoms with Gasteiger partial charge in [-0.1, -0.05) is 11.6 Å². The zero-order chi connectivity index (χ0) is 19.7. The van der Waals surface area contributed by atoms with Crippen LogP contribution in [0.15, 0.2) is 23.0 Å². The SMILES string of the molecule is Cc1cc(C)c(CNC(=O)c2cc(Cl)cc(N(C)C3COC3)c2C)c(=O)[nH]1. The molecule has 6 nitrogen and oxygen atoms in total. The Morgan fingerprint density at radius 2 is 2.00 bits per heavy atom. The van der Waals surface area contributed by atoms with Crippen LogP contribution in [0.5, 0.6) is 0 Å². The van der Waals surface area contributed by atoms with Crippen LogP contribution in [0.4, 0.5) is 5.69 Å². The van der Waals surface area contributed by atoms with Crippen LogP contribution in [0.1, 0.15) is 32.7 Å². The number of amides is 1. The number of nitrogens with one attached hydrogen (secondary N) is 2. The molecule has 144 valence electrons. The molecule has 1 aliphatic heterocycles. The van der Waals surface area contributed by atoms with Crippen LogP contribution in [-0.2, 0) is 11.3 Å². The third kappa shape index (κ3) is 4.01. The quantitative estimate of drug-likeness (QED) is 0.824. The normalized spacial score (nSPS) is 14.0. The van der Waals surface area contributed by atoms with Crippen LogP contribution < -0.4 is 15.8 Å². The van der Waals surface area contributed by atoms with Crippen molar-refractivity contribution >= 4 is 23.2 Å². The molecule has 2 aromatic rings. The van der Waals surface area contributed by atoms with Crippen LogP contribution in [0.25, 0.3) is 0 Å². The van der Waals surface area contributed by atoms with Gasteiger partial charge >= 0.3 is 0 Å². The second-order valence-corrected chi connectivity index (χ2v) is 7.46. The number of halogens is 1. The molecule has 0 radical (unpaired) electrons. The first-order chi connectivity index (χ1) is 12.8. The molecule has 1 aromatic heterocycles. The van der Waals surface area contributed by atoms with Crippen molar-refractivity contribution in [2.75, 3.05) is 25.2 Å². The van der Waals surface area contributed by atoms with E-state index >= 15 is 0 Å². The third-order valence-corrected chi connectivity index (χ3v) is 5.28. The molecule has 0 saturated carbocycles. The number of carbonyl (C=O) groups excluding carboxylic acids is 1. The number of benzene rings is 1. The lowest BCUT2D eigenvalue weighted by atomic mass is 10.0. The summed E-state index contributed by atoms with van der Waals surface area (Å²) in [5, 5.41) is 3.34. The number of ether oxygens (including phenoxy) is 1. The molecule has 2 heterocycles. The average molecular weight is 390 g/mol. The maximum atomic E-state index is 12.8. The minimum atomic E-state index is -0.256. The lowest BCUT2D eigenvalue weighted by Crippen LogP contribution is -2.47. The number of likely N-dealkylation sites (N-methyl/N-ethyl adjacent to an activating group) is 1. The molecule has 1 amide bonds. The Bertz CT molecular complexity index is 935. The Hall–Kier alpha value is -2.31. The van der Waals surface area contributed by atoms with E-state index in [2.05, 4.69) is 15.2 Å². The number of pyridine rings is 1. The van der Waals surface area contributed by atoms with E-state index in [-0.39, 0.29) is 24.1 Å². The van der Waals surface area contributed by atoms with Gasteiger partial charge in [0.25, 0.3) is 11.5 Å². The van der Waals surface area contributed by atoms with Gasteiger partial charge in [0.05, 0.1) is 19.3 Å². The summed E-state index contributed by atoms with van der Waals surface area (Å²) in [5.74, 6) is -0.256. The number of aromatic nitrogens is 1. The summed E-state index contributed by atoms with van der Waals surface area (Å²) in [5.41, 5.74) is 4.28. The Labute approximate surface area is 163 Å². The van der Waals surface area contributed by atoms with Crippen molar-refractivity contribution in [1.82, 2.24) is 10.3 Å². The lowest BCUT2D eigenvalue weighted by molar-refractivity contribution is 0.0101. The molecule has 2 N–H and O–H groups in total. The highest BCUT2D eigenvalue weighted by Crippen LogP contribution is 2.30. The second-order valence-electron chi connectivity index (χ2n) is 7.03. The van der Waals surface area contributed by atoms with Crippen LogP contribution in [0.2, 0.25) is 5.02 Å². The molecule has 3 rings (SSSR count). The van der Waals surface area contributed by atoms with E-state index in [4.69, 9.17) is 16.3 Å². The molecular formula is C20H24ClN3O3. The highest BCUT2D eigenvalue weighted by atomic mass is 35.5. The Kier molecular flexibility index (Phi) is 5.58. The molecule has 1 saturated heterocycles. The molecule has 1 fully saturated rings. The highest BCUT2D eigenvalue weighted by Gasteiger charge is 2.26. The number of hydrogen-bond acceptors (Lipinski definition) is 4. The first-order valence-corrected chi connectivity index (χ1v) is 9.24. The number of aryl methyl sites for hydroxylation is 2. The van der Waals surface area contributed by atoms with Gasteiger partial charge in [0.2, 0.25) is 0 Å². The molecule has 0 bridgehead atoms. The summed E-state index contributed by atoms with van der Waals surface area (Å²) in [7, 11) is 1.97. The topological polar surface area (TPSA) is 74.4 Å². The van der Waals surface area contributed by atoms with E-state index < -0.39 is 0 Å². The highest BCUT2D eigenvalue weighted by molar-refractivity contribution is 6.31. The molecule has 0 atom stereocenters. The van der Waals surface area contributed by atoms with Crippen molar-refractivity contribution < 1.29 is 9.53 Å². The van der Waals surface area contributed by atoms with Gasteiger partial charge in [0, 0.05) is 41.1 Å². The minimum absolute atomic E-state index is 0.161. The number of anilines is 1. The van der Waals surface area contributed by atoms with E-state index in [1.807, 2.05) is 40.0 Å². The number of H-pyrrole nitrogens is 1. The summed E-state index contributed by atoms with van der Waals surface area (Å²) < 4.78 is 5.26. The average Bonchev–Trinajstić information content (AvgIpc) is 2.53. The van der Waals surface area contributed by atoms with Crippen molar-refractivity contribution in [3.8, 4) is 0 Å². The zero-order valence-corrected chi connectivity index (χ0v) is 16.7. The van der Waals surface area contributed by atoms with E-state index in [9.17, 15) is 9.59 Å². The van der Waals surface area contributed by atoms with Crippen LogP contribution >= 0.6 is 11.6 Å². The molecule has 0 spiro atoms. The summed E-state index contributed by atoms with van der Waals surface area (Å²) >= 11 is 6.27. The first kappa shape index (κ1) is 19.5. The summed E-state index contributed by atoms with van der Waals surface area (Å²) in [4.78, 5) is 29.8. The largest absolute Gasteiger partial charge is 0.377 e. The zero-order valence-electron chi connectivity index (χ0n) is 16.0. The number of hydrogen-bond donors (Lipinski definition) is 2. The van der Waals surface area contributed by atoms with E-state index in [0.717, 1.165) is 22.5 Å². The Balaban J connectivity index is 1.83. The van der Waals surface area contributed by atoms with Crippen LogP contribution in [-0.4, -0.2) is 37.2 Å². The van der Waals surface area contributed by atoms with Gasteiger partial charge < -0.3 is 19.9 Å². The molecular weight excluding hydrogens is 366 g/mol. The number of carbonyl (C=O) groups is 1. The van der Waals surface area contributed by atoms with E-state index in [1.54, 1.807) is 6.07 Å². The van der Waals surface area contributed by atoms with Gasteiger partial charge in [0.1, 0.15) is 0 Å². The molecule has 0 aliphatic carbocycles. The van der Waals surface area contributed by atoms with E-state index in [1.165, 1.54) is 0 Å². The standard InChI is InChI=1S/C20H24ClN3O3/c1-11-5-12(2)23-20(26)17(11)8-22-19(25)16-6-14(21)7-18(13(16)3)24(4)15-9-27-10-15/h5-7,15H,8-10H2,1-4H3,(H,22,25)(H,23,26). The van der Waals surface area contributed by atoms with Gasteiger partial charge in [-0.2, -0.15) is 0 Å². The summed E-state index contributed by atoms with van der Waals surface area (Å²) in [6.45, 7) is 7.09. The third-order valence-electron chi connectivity index (χ3n) is 5.06. The smallest absolute Gasteiger partial charge is 0.253 e. The molecule has 1 aromatic carbocycles. The van der Waals surface area contributed by atoms with Crippen LogP contribution in [0.3, 0.4) is 0 Å². The number of nitrogens with zero attached hydrogens (tertiary/aromatic N) is 1. The monoisotopic (exact) mass is 389 g/mol. The fourth-order valence-corrected chi connectivity index (χ4v) is 3.49. The molecule has 27 heavy (non-hydrogen) atoms. The predicted molar refractivity (Wildman–Crippen MR) is 107 cm³/mol. The van der Waals surface area contributed by atoms with Crippen molar-refractivity contribution in [2.24, 2.45) is 0 Å². The Morgan fingerprint density at radius 3 is 2.59 bits per heavy atom. The maximum absolute atomic E-state index is 12.8. The van der Waals surface area contributed by atoms with Gasteiger partial charge in [-0.05, 0) is 50.1 Å². The summed E-state index contributed by atoms with van der Waals surface area (Å²) in [6, 6.07) is 5.70. The van der Waals surface area contributed by atoms with Crippen molar-refractivity contribution in [1.29, 1.82) is 0 Å². The molecule has 7 heteroatoms. The second kappa shape index (κ2) is 7.74. The predicted octanol–water partition coefficient (Wildman–Crippen LogP) is 2.72. The van der Waals surface area contributed by atoms with Crippen molar-refractivity contribution in [2.45, 2.75) is 33.4 Å². The van der Waals surface area contributed by atoms with Gasteiger partial charge in [-0.15, -0.1) is 0 Å². The Morgan fingerprint density at radius 1 is 1.30 bits per heavy atom. The maximum Gasteiger partial charge on any atom is 0.253 e. The van der Waals surface area contributed by atoms with Gasteiger partial charge in [-0.25, -0.2) is 0 Å². The van der Waals surface area contributed by atoms with Crippen molar-refractivity contribution in [3.05, 3.63) is 61.5 Å². The van der Waals surface area contributed by atoms with Gasteiger partial charge in [-0.3, -0.25) is 9.59 Å². The number of aromatic amines is 1. The first-order valence-electron chi connectivity index (χ1n) is 8.86. The van der Waals surface area contributed by atoms with Gasteiger partial charge in [0.15, 0.2) is 0 Å². The fourth-order valence-electron chi connectivity index (χ4n) is 3.28. The minimum Gasteiger partial charge on any atom is -0.377 e. The lowest BCUT2D eigenvalue weighted by Gasteiger charge is -2.37. The molecule has 1 aliphatic rings. The fraction of sp³-hybridized carbons (Fsp3) is 0.400. The molecule has 0 unspecified atom stereocenters. The number of rotatable bonds is 5. The van der Waals surface area contributed by atoms with Crippen molar-refractivity contribution in [3.63, 3.8) is 0 Å².